The van der Waals surface area contributed by atoms with Crippen LogP contribution in [0.3, 0.4) is 0 Å². The molecule has 3 nitrogen and oxygen atoms in total. The van der Waals surface area contributed by atoms with Crippen LogP contribution in [0.2, 0.25) is 0 Å². The van der Waals surface area contributed by atoms with Gasteiger partial charge in [-0.25, -0.2) is 0 Å². The van der Waals surface area contributed by atoms with Crippen molar-refractivity contribution < 1.29 is 4.79 Å². The zero-order chi connectivity index (χ0) is 5.98. The number of hydrogen-bond donors (Lipinski definition) is 2. The first-order valence-corrected chi connectivity index (χ1v) is 2.62. The molecule has 0 saturated carbocycles. The number of hydrogen-bond acceptors (Lipinski definition) is 2. The van der Waals surface area contributed by atoms with E-state index in [0.717, 1.165) is 6.42 Å². The van der Waals surface area contributed by atoms with E-state index in [4.69, 9.17) is 5.41 Å². The average molecular weight is 112 g/mol. The number of amides is 1. The molecule has 44 valence electrons. The third kappa shape index (κ3) is 1.05. The fraction of sp³-hybridized carbons (Fsp3) is 0.600. The molecule has 0 spiro atoms. The molecule has 1 amide bonds. The first kappa shape index (κ1) is 5.28. The summed E-state index contributed by atoms with van der Waals surface area (Å²) >= 11 is 0. The molecule has 0 aromatic rings. The SMILES string of the molecule is N=C1CCNC(=O)C1. The van der Waals surface area contributed by atoms with E-state index in [0.29, 0.717) is 18.7 Å². The summed E-state index contributed by atoms with van der Waals surface area (Å²) in [6.07, 6.45) is 1.03. The highest BCUT2D eigenvalue weighted by molar-refractivity contribution is 6.01. The number of carbonyl (C=O) groups excluding carboxylic acids is 1. The van der Waals surface area contributed by atoms with E-state index in [2.05, 4.69) is 5.32 Å². The lowest BCUT2D eigenvalue weighted by atomic mass is 10.1. The Bertz CT molecular complexity index is 116. The minimum Gasteiger partial charge on any atom is -0.355 e. The first-order valence-electron chi connectivity index (χ1n) is 2.62. The molecule has 0 atom stereocenters. The van der Waals surface area contributed by atoms with Gasteiger partial charge in [-0.05, 0) is 0 Å². The molecule has 8 heavy (non-hydrogen) atoms. The highest BCUT2D eigenvalue weighted by Gasteiger charge is 2.10. The van der Waals surface area contributed by atoms with Gasteiger partial charge in [0.05, 0.1) is 6.42 Å². The Balaban J connectivity index is 2.45. The fourth-order valence-corrected chi connectivity index (χ4v) is 0.698. The zero-order valence-electron chi connectivity index (χ0n) is 4.53. The normalized spacial score (nSPS) is 20.5. The van der Waals surface area contributed by atoms with E-state index in [9.17, 15) is 4.79 Å². The minimum atomic E-state index is -0.0127. The van der Waals surface area contributed by atoms with Crippen LogP contribution in [0.25, 0.3) is 0 Å². The second-order valence-corrected chi connectivity index (χ2v) is 1.88. The zero-order valence-corrected chi connectivity index (χ0v) is 4.53. The summed E-state index contributed by atoms with van der Waals surface area (Å²) in [5, 5.41) is 9.69. The van der Waals surface area contributed by atoms with Crippen LogP contribution in [0, 0.1) is 5.41 Å². The summed E-state index contributed by atoms with van der Waals surface area (Å²) in [6.45, 7) is 0.650. The largest absolute Gasteiger partial charge is 0.355 e. The van der Waals surface area contributed by atoms with E-state index >= 15 is 0 Å². The van der Waals surface area contributed by atoms with Gasteiger partial charge in [0, 0.05) is 18.7 Å². The van der Waals surface area contributed by atoms with E-state index in [1.807, 2.05) is 0 Å². The van der Waals surface area contributed by atoms with Gasteiger partial charge in [-0.2, -0.15) is 0 Å². The monoisotopic (exact) mass is 112 g/mol. The Kier molecular flexibility index (Phi) is 1.28. The smallest absolute Gasteiger partial charge is 0.225 e. The maximum Gasteiger partial charge on any atom is 0.225 e. The van der Waals surface area contributed by atoms with Gasteiger partial charge >= 0.3 is 0 Å². The lowest BCUT2D eigenvalue weighted by Gasteiger charge is -2.10. The molecule has 0 radical (unpaired) electrons. The van der Waals surface area contributed by atoms with Gasteiger partial charge in [-0.15, -0.1) is 0 Å². The maximum atomic E-state index is 10.4. The lowest BCUT2D eigenvalue weighted by Crippen LogP contribution is -2.33. The summed E-state index contributed by atoms with van der Waals surface area (Å²) in [4.78, 5) is 10.4. The van der Waals surface area contributed by atoms with Crippen molar-refractivity contribution in [2.45, 2.75) is 12.8 Å². The third-order valence-electron chi connectivity index (χ3n) is 1.12. The summed E-state index contributed by atoms with van der Waals surface area (Å²) in [5.41, 5.74) is 0.550. The first-order chi connectivity index (χ1) is 3.79. The number of rotatable bonds is 0. The van der Waals surface area contributed by atoms with Crippen molar-refractivity contribution in [2.75, 3.05) is 6.54 Å². The molecule has 0 aromatic heterocycles. The van der Waals surface area contributed by atoms with Gasteiger partial charge in [-0.3, -0.25) is 4.79 Å². The lowest BCUT2D eigenvalue weighted by molar-refractivity contribution is -0.120. The van der Waals surface area contributed by atoms with Gasteiger partial charge < -0.3 is 10.7 Å². The van der Waals surface area contributed by atoms with Crippen LogP contribution in [0.15, 0.2) is 0 Å². The van der Waals surface area contributed by atoms with E-state index < -0.39 is 0 Å². The maximum absolute atomic E-state index is 10.4. The average Bonchev–Trinajstić information content (AvgIpc) is 1.64. The van der Waals surface area contributed by atoms with E-state index in [1.165, 1.54) is 0 Å². The van der Waals surface area contributed by atoms with Crippen molar-refractivity contribution >= 4 is 11.6 Å². The molecule has 1 fully saturated rings. The van der Waals surface area contributed by atoms with Crippen molar-refractivity contribution in [1.29, 1.82) is 5.41 Å². The van der Waals surface area contributed by atoms with Gasteiger partial charge in [0.2, 0.25) is 5.91 Å². The van der Waals surface area contributed by atoms with Crippen LogP contribution in [0.4, 0.5) is 0 Å². The van der Waals surface area contributed by atoms with Gasteiger partial charge in [0.25, 0.3) is 0 Å². The molecule has 0 aliphatic carbocycles. The predicted octanol–water partition coefficient (Wildman–Crippen LogP) is -0.0838. The second-order valence-electron chi connectivity index (χ2n) is 1.88. The van der Waals surface area contributed by atoms with Crippen LogP contribution >= 0.6 is 0 Å². The van der Waals surface area contributed by atoms with Gasteiger partial charge in [0.15, 0.2) is 0 Å². The van der Waals surface area contributed by atoms with Crippen molar-refractivity contribution in [3.8, 4) is 0 Å². The third-order valence-corrected chi connectivity index (χ3v) is 1.12. The Morgan fingerprint density at radius 1 is 1.62 bits per heavy atom. The molecule has 0 unspecified atom stereocenters. The molecule has 0 bridgehead atoms. The van der Waals surface area contributed by atoms with E-state index in [-0.39, 0.29) is 5.91 Å². The second kappa shape index (κ2) is 1.94. The molecular formula is C5H8N2O. The molecule has 1 heterocycles. The van der Waals surface area contributed by atoms with Crippen molar-refractivity contribution in [1.82, 2.24) is 5.32 Å². The predicted molar refractivity (Wildman–Crippen MR) is 30.0 cm³/mol. The number of piperidine rings is 1. The van der Waals surface area contributed by atoms with Gasteiger partial charge in [0.1, 0.15) is 0 Å². The highest BCUT2D eigenvalue weighted by Crippen LogP contribution is 1.94. The van der Waals surface area contributed by atoms with Gasteiger partial charge in [-0.1, -0.05) is 0 Å². The van der Waals surface area contributed by atoms with Crippen LogP contribution < -0.4 is 5.32 Å². The van der Waals surface area contributed by atoms with Crippen LogP contribution in [-0.4, -0.2) is 18.2 Å². The molecule has 2 N–H and O–H groups in total. The van der Waals surface area contributed by atoms with Crippen molar-refractivity contribution in [2.24, 2.45) is 0 Å². The molecular weight excluding hydrogens is 104 g/mol. The van der Waals surface area contributed by atoms with Crippen LogP contribution in [0.5, 0.6) is 0 Å². The number of nitrogens with one attached hydrogen (secondary N) is 2. The Hall–Kier alpha value is -0.860. The summed E-state index contributed by atoms with van der Waals surface area (Å²) in [6, 6.07) is 0. The van der Waals surface area contributed by atoms with Crippen LogP contribution in [0.1, 0.15) is 12.8 Å². The van der Waals surface area contributed by atoms with Crippen molar-refractivity contribution in [3.05, 3.63) is 0 Å². The Labute approximate surface area is 47.6 Å². The Morgan fingerprint density at radius 3 is 2.75 bits per heavy atom. The van der Waals surface area contributed by atoms with Crippen LogP contribution in [-0.2, 0) is 4.79 Å². The number of carbonyl (C=O) groups is 1. The molecule has 1 aliphatic rings. The topological polar surface area (TPSA) is 53.0 Å². The standard InChI is InChI=1S/C5H8N2O/c6-4-1-2-7-5(8)3-4/h6H,1-3H2,(H,7,8). The quantitative estimate of drug-likeness (QED) is 0.452. The molecule has 1 saturated heterocycles. The molecule has 1 rings (SSSR count). The van der Waals surface area contributed by atoms with E-state index in [1.54, 1.807) is 0 Å². The minimum absolute atomic E-state index is 0.0127. The van der Waals surface area contributed by atoms with Crippen molar-refractivity contribution in [3.63, 3.8) is 0 Å². The molecule has 3 heteroatoms. The molecule has 0 aromatic carbocycles. The summed E-state index contributed by atoms with van der Waals surface area (Å²) < 4.78 is 0. The fourth-order valence-electron chi connectivity index (χ4n) is 0.698. The summed E-state index contributed by atoms with van der Waals surface area (Å²) in [5.74, 6) is -0.0127. The summed E-state index contributed by atoms with van der Waals surface area (Å²) in [7, 11) is 0. The Morgan fingerprint density at radius 2 is 2.38 bits per heavy atom. The highest BCUT2D eigenvalue weighted by atomic mass is 16.1. The molecule has 1 aliphatic heterocycles.